The van der Waals surface area contributed by atoms with Crippen molar-refractivity contribution in [3.05, 3.63) is 33.8 Å². The van der Waals surface area contributed by atoms with Gasteiger partial charge in [-0.1, -0.05) is 11.6 Å². The minimum Gasteiger partial charge on any atom is -0.395 e. The Morgan fingerprint density at radius 1 is 1.55 bits per heavy atom. The molecule has 0 bridgehead atoms. The van der Waals surface area contributed by atoms with Gasteiger partial charge in [-0.25, -0.2) is 12.8 Å². The Morgan fingerprint density at radius 2 is 2.20 bits per heavy atom. The van der Waals surface area contributed by atoms with Gasteiger partial charge in [0.1, 0.15) is 4.90 Å². The monoisotopic (exact) mass is 382 g/mol. The molecule has 2 rings (SSSR count). The lowest BCUT2D eigenvalue weighted by Crippen LogP contribution is -2.15. The van der Waals surface area contributed by atoms with E-state index in [9.17, 15) is 12.8 Å². The summed E-state index contributed by atoms with van der Waals surface area (Å²) in [5, 5.41) is 3.80. The molecule has 0 saturated carbocycles. The van der Waals surface area contributed by atoms with E-state index < -0.39 is 20.7 Å². The van der Waals surface area contributed by atoms with Crippen LogP contribution < -0.4 is 10.5 Å². The molecule has 10 heteroatoms. The molecule has 0 fully saturated rings. The predicted octanol–water partition coefficient (Wildman–Crippen LogP) is 2.36. The molecule has 1 heterocycles. The molecule has 6 nitrogen and oxygen atoms in total. The number of aryl methyl sites for hydroxylation is 1. The summed E-state index contributed by atoms with van der Waals surface area (Å²) in [5.41, 5.74) is 5.29. The van der Waals surface area contributed by atoms with E-state index in [0.717, 1.165) is 6.07 Å². The molecular weight excluding hydrogens is 375 g/mol. The van der Waals surface area contributed by atoms with Gasteiger partial charge in [0.15, 0.2) is 5.82 Å². The first kappa shape index (κ1) is 15.1. The van der Waals surface area contributed by atoms with Crippen LogP contribution in [0, 0.1) is 5.82 Å². The normalized spacial score (nSPS) is 11.6. The third kappa shape index (κ3) is 2.74. The molecule has 0 spiro atoms. The van der Waals surface area contributed by atoms with Gasteiger partial charge < -0.3 is 5.73 Å². The second-order valence-corrected chi connectivity index (χ2v) is 6.76. The van der Waals surface area contributed by atoms with Crippen molar-refractivity contribution in [2.24, 2.45) is 7.05 Å². The Balaban J connectivity index is 2.50. The Labute approximate surface area is 127 Å². The molecular formula is C10H9BrClFN4O2S. The second-order valence-electron chi connectivity index (χ2n) is 3.91. The highest BCUT2D eigenvalue weighted by Gasteiger charge is 2.24. The summed E-state index contributed by atoms with van der Waals surface area (Å²) in [6, 6.07) is 0.982. The summed E-state index contributed by atoms with van der Waals surface area (Å²) in [4.78, 5) is -0.632. The zero-order valence-electron chi connectivity index (χ0n) is 10.1. The Bertz CT molecular complexity index is 778. The zero-order valence-corrected chi connectivity index (χ0v) is 13.2. The standard InChI is InChI=1S/C10H9BrClFN4O2S/c1-17-4-5(3-15-17)16-20(18,19)7-2-6(12)8(11)10(14)9(7)13/h2-4,16H,14H2,1H3. The lowest BCUT2D eigenvalue weighted by molar-refractivity contribution is 0.572. The van der Waals surface area contributed by atoms with Gasteiger partial charge >= 0.3 is 0 Å². The molecule has 20 heavy (non-hydrogen) atoms. The summed E-state index contributed by atoms with van der Waals surface area (Å²) in [7, 11) is -2.54. The molecule has 0 radical (unpaired) electrons. The number of hydrogen-bond donors (Lipinski definition) is 2. The van der Waals surface area contributed by atoms with Crippen LogP contribution in [0.5, 0.6) is 0 Å². The SMILES string of the molecule is Cn1cc(NS(=O)(=O)c2cc(Cl)c(Br)c(N)c2F)cn1. The number of hydrogen-bond acceptors (Lipinski definition) is 4. The van der Waals surface area contributed by atoms with Crippen molar-refractivity contribution in [2.75, 3.05) is 10.5 Å². The molecule has 3 N–H and O–H groups in total. The van der Waals surface area contributed by atoms with Crippen molar-refractivity contribution in [3.63, 3.8) is 0 Å². The molecule has 108 valence electrons. The van der Waals surface area contributed by atoms with Gasteiger partial charge in [0.2, 0.25) is 0 Å². The molecule has 1 aromatic heterocycles. The molecule has 0 atom stereocenters. The van der Waals surface area contributed by atoms with E-state index in [-0.39, 0.29) is 20.9 Å². The summed E-state index contributed by atoms with van der Waals surface area (Å²) >= 11 is 8.78. The van der Waals surface area contributed by atoms with Gasteiger partial charge in [-0.05, 0) is 22.0 Å². The fourth-order valence-corrected chi connectivity index (χ4v) is 3.19. The van der Waals surface area contributed by atoms with E-state index >= 15 is 0 Å². The molecule has 0 unspecified atom stereocenters. The van der Waals surface area contributed by atoms with E-state index in [1.807, 2.05) is 0 Å². The van der Waals surface area contributed by atoms with E-state index in [1.165, 1.54) is 17.1 Å². The number of anilines is 2. The van der Waals surface area contributed by atoms with E-state index in [0.29, 0.717) is 0 Å². The van der Waals surface area contributed by atoms with Gasteiger partial charge in [0.05, 0.1) is 27.1 Å². The first-order valence-electron chi connectivity index (χ1n) is 5.17. The van der Waals surface area contributed by atoms with Gasteiger partial charge in [-0.3, -0.25) is 9.40 Å². The van der Waals surface area contributed by atoms with Gasteiger partial charge in [0, 0.05) is 13.2 Å². The van der Waals surface area contributed by atoms with Crippen LogP contribution in [0.15, 0.2) is 27.8 Å². The molecule has 0 amide bonds. The second kappa shape index (κ2) is 5.23. The van der Waals surface area contributed by atoms with Gasteiger partial charge in [0.25, 0.3) is 10.0 Å². The number of halogens is 3. The van der Waals surface area contributed by atoms with Crippen LogP contribution >= 0.6 is 27.5 Å². The van der Waals surface area contributed by atoms with Crippen LogP contribution in [-0.2, 0) is 17.1 Å². The number of sulfonamides is 1. The number of benzene rings is 1. The summed E-state index contributed by atoms with van der Waals surface area (Å²) < 4.78 is 41.9. The number of aromatic nitrogens is 2. The average Bonchev–Trinajstić information content (AvgIpc) is 2.75. The number of rotatable bonds is 3. The molecule has 2 aromatic rings. The third-order valence-corrected chi connectivity index (χ3v) is 5.16. The van der Waals surface area contributed by atoms with Crippen LogP contribution in [0.1, 0.15) is 0 Å². The fraction of sp³-hybridized carbons (Fsp3) is 0.100. The maximum absolute atomic E-state index is 14.0. The van der Waals surface area contributed by atoms with Crippen LogP contribution in [0.25, 0.3) is 0 Å². The van der Waals surface area contributed by atoms with Crippen LogP contribution in [0.2, 0.25) is 5.02 Å². The Morgan fingerprint density at radius 3 is 2.75 bits per heavy atom. The molecule has 0 saturated heterocycles. The molecule has 1 aromatic carbocycles. The maximum Gasteiger partial charge on any atom is 0.265 e. The molecule has 0 aliphatic heterocycles. The Hall–Kier alpha value is -1.32. The number of nitrogens with one attached hydrogen (secondary N) is 1. The van der Waals surface area contributed by atoms with Gasteiger partial charge in [-0.15, -0.1) is 0 Å². The highest BCUT2D eigenvalue weighted by molar-refractivity contribution is 9.10. The summed E-state index contributed by atoms with van der Waals surface area (Å²) in [5.74, 6) is -1.07. The molecule has 0 aliphatic rings. The van der Waals surface area contributed by atoms with E-state index in [1.54, 1.807) is 7.05 Å². The van der Waals surface area contributed by atoms with E-state index in [4.69, 9.17) is 17.3 Å². The molecule has 0 aliphatic carbocycles. The third-order valence-electron chi connectivity index (χ3n) is 2.40. The first-order valence-corrected chi connectivity index (χ1v) is 7.82. The van der Waals surface area contributed by atoms with Crippen LogP contribution in [0.4, 0.5) is 15.8 Å². The smallest absolute Gasteiger partial charge is 0.265 e. The first-order chi connectivity index (χ1) is 9.22. The highest BCUT2D eigenvalue weighted by atomic mass is 79.9. The van der Waals surface area contributed by atoms with Crippen molar-refractivity contribution >= 4 is 48.9 Å². The summed E-state index contributed by atoms with van der Waals surface area (Å²) in [6.45, 7) is 0. The summed E-state index contributed by atoms with van der Waals surface area (Å²) in [6.07, 6.45) is 2.72. The van der Waals surface area contributed by atoms with Gasteiger partial charge in [-0.2, -0.15) is 5.10 Å². The fourth-order valence-electron chi connectivity index (χ4n) is 1.48. The quantitative estimate of drug-likeness (QED) is 0.629. The zero-order chi connectivity index (χ0) is 15.1. The number of nitrogen functional groups attached to an aromatic ring is 1. The lowest BCUT2D eigenvalue weighted by Gasteiger charge is -2.10. The number of nitrogens with zero attached hydrogens (tertiary/aromatic N) is 2. The minimum absolute atomic E-state index is 0.00420. The topological polar surface area (TPSA) is 90.0 Å². The van der Waals surface area contributed by atoms with Crippen LogP contribution in [0.3, 0.4) is 0 Å². The number of nitrogens with two attached hydrogens (primary N) is 1. The van der Waals surface area contributed by atoms with Crippen molar-refractivity contribution < 1.29 is 12.8 Å². The van der Waals surface area contributed by atoms with Crippen molar-refractivity contribution in [2.45, 2.75) is 4.90 Å². The maximum atomic E-state index is 14.0. The lowest BCUT2D eigenvalue weighted by atomic mass is 10.3. The van der Waals surface area contributed by atoms with E-state index in [2.05, 4.69) is 25.8 Å². The highest BCUT2D eigenvalue weighted by Crippen LogP contribution is 2.35. The van der Waals surface area contributed by atoms with Crippen molar-refractivity contribution in [1.29, 1.82) is 0 Å². The van der Waals surface area contributed by atoms with Crippen LogP contribution in [-0.4, -0.2) is 18.2 Å². The average molecular weight is 384 g/mol. The largest absolute Gasteiger partial charge is 0.395 e. The van der Waals surface area contributed by atoms with Crippen molar-refractivity contribution in [1.82, 2.24) is 9.78 Å². The predicted molar refractivity (Wildman–Crippen MR) is 77.5 cm³/mol. The Kier molecular flexibility index (Phi) is 3.94. The minimum atomic E-state index is -4.16. The van der Waals surface area contributed by atoms with Crippen molar-refractivity contribution in [3.8, 4) is 0 Å².